The van der Waals surface area contributed by atoms with E-state index in [-0.39, 0.29) is 12.0 Å². The molecular formula is C15H21NO2. The topological polar surface area (TPSA) is 49.3 Å². The fraction of sp³-hybridized carbons (Fsp3) is 0.533. The Labute approximate surface area is 108 Å². The first-order valence-corrected chi connectivity index (χ1v) is 6.64. The first kappa shape index (κ1) is 13.1. The van der Waals surface area contributed by atoms with Crippen LogP contribution in [0.15, 0.2) is 24.3 Å². The first-order chi connectivity index (χ1) is 8.63. The smallest absolute Gasteiger partial charge is 0.220 e. The SMILES string of the molecule is Cc1ccc(CCC(=O)NCC2CC(O)C2)cc1. The number of rotatable bonds is 5. The molecule has 0 bridgehead atoms. The van der Waals surface area contributed by atoms with E-state index in [0.29, 0.717) is 18.9 Å². The van der Waals surface area contributed by atoms with Gasteiger partial charge in [0.2, 0.25) is 5.91 Å². The van der Waals surface area contributed by atoms with Gasteiger partial charge in [0.15, 0.2) is 0 Å². The Bertz CT molecular complexity index is 393. The van der Waals surface area contributed by atoms with Crippen LogP contribution >= 0.6 is 0 Å². The molecular weight excluding hydrogens is 226 g/mol. The van der Waals surface area contributed by atoms with Crippen LogP contribution in [0.3, 0.4) is 0 Å². The lowest BCUT2D eigenvalue weighted by Crippen LogP contribution is -2.38. The maximum absolute atomic E-state index is 11.6. The van der Waals surface area contributed by atoms with Gasteiger partial charge in [-0.25, -0.2) is 0 Å². The second kappa shape index (κ2) is 6.01. The Kier molecular flexibility index (Phi) is 4.37. The number of aliphatic hydroxyl groups excluding tert-OH is 1. The quantitative estimate of drug-likeness (QED) is 0.833. The molecule has 0 spiro atoms. The van der Waals surface area contributed by atoms with Crippen LogP contribution in [0.1, 0.15) is 30.4 Å². The number of aliphatic hydroxyl groups is 1. The Hall–Kier alpha value is -1.35. The zero-order valence-electron chi connectivity index (χ0n) is 10.9. The molecule has 2 rings (SSSR count). The predicted molar refractivity (Wildman–Crippen MR) is 71.2 cm³/mol. The van der Waals surface area contributed by atoms with Gasteiger partial charge < -0.3 is 10.4 Å². The number of benzene rings is 1. The van der Waals surface area contributed by atoms with Crippen molar-refractivity contribution in [1.29, 1.82) is 0 Å². The largest absolute Gasteiger partial charge is 0.393 e. The highest BCUT2D eigenvalue weighted by Crippen LogP contribution is 2.26. The van der Waals surface area contributed by atoms with E-state index in [0.717, 1.165) is 19.3 Å². The van der Waals surface area contributed by atoms with E-state index in [1.54, 1.807) is 0 Å². The van der Waals surface area contributed by atoms with Crippen LogP contribution in [0.2, 0.25) is 0 Å². The van der Waals surface area contributed by atoms with E-state index < -0.39 is 0 Å². The van der Waals surface area contributed by atoms with E-state index in [2.05, 4.69) is 36.5 Å². The van der Waals surface area contributed by atoms with Crippen LogP contribution in [-0.4, -0.2) is 23.7 Å². The van der Waals surface area contributed by atoms with Gasteiger partial charge in [0, 0.05) is 13.0 Å². The molecule has 1 saturated carbocycles. The van der Waals surface area contributed by atoms with Crippen molar-refractivity contribution in [2.24, 2.45) is 5.92 Å². The molecule has 1 aliphatic carbocycles. The van der Waals surface area contributed by atoms with Crippen molar-refractivity contribution in [3.05, 3.63) is 35.4 Å². The minimum atomic E-state index is -0.139. The number of nitrogens with one attached hydrogen (secondary N) is 1. The summed E-state index contributed by atoms with van der Waals surface area (Å²) in [6.45, 7) is 2.77. The highest BCUT2D eigenvalue weighted by atomic mass is 16.3. The van der Waals surface area contributed by atoms with Gasteiger partial charge in [-0.1, -0.05) is 29.8 Å². The third-order valence-corrected chi connectivity index (χ3v) is 3.56. The first-order valence-electron chi connectivity index (χ1n) is 6.64. The molecule has 0 unspecified atom stereocenters. The van der Waals surface area contributed by atoms with Gasteiger partial charge in [0.25, 0.3) is 0 Å². The van der Waals surface area contributed by atoms with Crippen molar-refractivity contribution in [3.63, 3.8) is 0 Å². The summed E-state index contributed by atoms with van der Waals surface area (Å²) in [5.74, 6) is 0.584. The van der Waals surface area contributed by atoms with Crippen LogP contribution in [0.4, 0.5) is 0 Å². The van der Waals surface area contributed by atoms with E-state index in [1.807, 2.05) is 0 Å². The summed E-state index contributed by atoms with van der Waals surface area (Å²) in [5, 5.41) is 12.1. The van der Waals surface area contributed by atoms with E-state index in [1.165, 1.54) is 11.1 Å². The molecule has 1 amide bonds. The zero-order chi connectivity index (χ0) is 13.0. The molecule has 0 radical (unpaired) electrons. The summed E-state index contributed by atoms with van der Waals surface area (Å²) in [5.41, 5.74) is 2.45. The summed E-state index contributed by atoms with van der Waals surface area (Å²) in [6, 6.07) is 8.29. The molecule has 3 heteroatoms. The Morgan fingerprint density at radius 1 is 1.33 bits per heavy atom. The minimum Gasteiger partial charge on any atom is -0.393 e. The molecule has 0 saturated heterocycles. The third-order valence-electron chi connectivity index (χ3n) is 3.56. The van der Waals surface area contributed by atoms with Gasteiger partial charge in [0.05, 0.1) is 6.10 Å². The van der Waals surface area contributed by atoms with Gasteiger partial charge in [-0.3, -0.25) is 4.79 Å². The fourth-order valence-corrected chi connectivity index (χ4v) is 2.23. The number of hydrogen-bond donors (Lipinski definition) is 2. The van der Waals surface area contributed by atoms with E-state index >= 15 is 0 Å². The maximum atomic E-state index is 11.6. The molecule has 0 heterocycles. The summed E-state index contributed by atoms with van der Waals surface area (Å²) < 4.78 is 0. The molecule has 1 aromatic carbocycles. The molecule has 0 aliphatic heterocycles. The molecule has 0 atom stereocenters. The lowest BCUT2D eigenvalue weighted by atomic mass is 9.82. The number of amides is 1. The standard InChI is InChI=1S/C15H21NO2/c1-11-2-4-12(5-3-11)6-7-15(18)16-10-13-8-14(17)9-13/h2-5,13-14,17H,6-10H2,1H3,(H,16,18). The van der Waals surface area contributed by atoms with Crippen molar-refractivity contribution in [2.45, 2.75) is 38.7 Å². The lowest BCUT2D eigenvalue weighted by molar-refractivity contribution is -0.121. The Morgan fingerprint density at radius 3 is 2.61 bits per heavy atom. The average molecular weight is 247 g/mol. The normalized spacial score (nSPS) is 22.3. The molecule has 98 valence electrons. The van der Waals surface area contributed by atoms with Gasteiger partial charge >= 0.3 is 0 Å². The monoisotopic (exact) mass is 247 g/mol. The summed E-state index contributed by atoms with van der Waals surface area (Å²) in [7, 11) is 0. The van der Waals surface area contributed by atoms with Crippen molar-refractivity contribution in [3.8, 4) is 0 Å². The van der Waals surface area contributed by atoms with Gasteiger partial charge in [-0.15, -0.1) is 0 Å². The van der Waals surface area contributed by atoms with Crippen molar-refractivity contribution < 1.29 is 9.90 Å². The molecule has 1 aliphatic rings. The third kappa shape index (κ3) is 3.84. The number of carbonyl (C=O) groups is 1. The summed E-state index contributed by atoms with van der Waals surface area (Å²) in [4.78, 5) is 11.6. The molecule has 0 aromatic heterocycles. The summed E-state index contributed by atoms with van der Waals surface area (Å²) >= 11 is 0. The minimum absolute atomic E-state index is 0.108. The average Bonchev–Trinajstić information content (AvgIpc) is 2.32. The van der Waals surface area contributed by atoms with Crippen LogP contribution < -0.4 is 5.32 Å². The van der Waals surface area contributed by atoms with Crippen LogP contribution in [0.25, 0.3) is 0 Å². The molecule has 1 aromatic rings. The molecule has 2 N–H and O–H groups in total. The zero-order valence-corrected chi connectivity index (χ0v) is 10.9. The number of hydrogen-bond acceptors (Lipinski definition) is 2. The van der Waals surface area contributed by atoms with Crippen LogP contribution in [0.5, 0.6) is 0 Å². The highest BCUT2D eigenvalue weighted by Gasteiger charge is 2.26. The van der Waals surface area contributed by atoms with Gasteiger partial charge in [-0.05, 0) is 37.7 Å². The molecule has 1 fully saturated rings. The van der Waals surface area contributed by atoms with Gasteiger partial charge in [-0.2, -0.15) is 0 Å². The highest BCUT2D eigenvalue weighted by molar-refractivity contribution is 5.76. The maximum Gasteiger partial charge on any atom is 0.220 e. The Morgan fingerprint density at radius 2 is 2.00 bits per heavy atom. The van der Waals surface area contributed by atoms with Crippen LogP contribution in [-0.2, 0) is 11.2 Å². The molecule has 18 heavy (non-hydrogen) atoms. The van der Waals surface area contributed by atoms with Crippen LogP contribution in [0, 0.1) is 12.8 Å². The number of carbonyl (C=O) groups excluding carboxylic acids is 1. The van der Waals surface area contributed by atoms with Gasteiger partial charge in [0.1, 0.15) is 0 Å². The van der Waals surface area contributed by atoms with E-state index in [4.69, 9.17) is 5.11 Å². The fourth-order valence-electron chi connectivity index (χ4n) is 2.23. The summed E-state index contributed by atoms with van der Waals surface area (Å²) in [6.07, 6.45) is 2.85. The number of aryl methyl sites for hydroxylation is 2. The lowest BCUT2D eigenvalue weighted by Gasteiger charge is -2.31. The second-order valence-electron chi connectivity index (χ2n) is 5.28. The van der Waals surface area contributed by atoms with Crippen molar-refractivity contribution in [1.82, 2.24) is 5.32 Å². The predicted octanol–water partition coefficient (Wildman–Crippen LogP) is 1.81. The van der Waals surface area contributed by atoms with E-state index in [9.17, 15) is 4.79 Å². The van der Waals surface area contributed by atoms with Crippen molar-refractivity contribution in [2.75, 3.05) is 6.54 Å². The Balaban J connectivity index is 1.64. The second-order valence-corrected chi connectivity index (χ2v) is 5.28. The molecule has 3 nitrogen and oxygen atoms in total. The van der Waals surface area contributed by atoms with Crippen molar-refractivity contribution >= 4 is 5.91 Å².